The minimum atomic E-state index is -0.942. The summed E-state index contributed by atoms with van der Waals surface area (Å²) in [6, 6.07) is 3.08. The van der Waals surface area contributed by atoms with Gasteiger partial charge in [-0.15, -0.1) is 0 Å². The zero-order chi connectivity index (χ0) is 18.6. The Morgan fingerprint density at radius 3 is 2.48 bits per heavy atom. The number of aliphatic hydroxyl groups excluding tert-OH is 1. The van der Waals surface area contributed by atoms with E-state index in [0.29, 0.717) is 11.2 Å². The Morgan fingerprint density at radius 1 is 1.24 bits per heavy atom. The number of carboxylic acids is 1. The van der Waals surface area contributed by atoms with Gasteiger partial charge in [-0.05, 0) is 12.1 Å². The Bertz CT molecular complexity index is 1000. The molecule has 3 rings (SSSR count). The third kappa shape index (κ3) is 3.63. The van der Waals surface area contributed by atoms with E-state index in [1.54, 1.807) is 13.1 Å². The number of hydrogen-bond donors (Lipinski definition) is 2. The van der Waals surface area contributed by atoms with E-state index >= 15 is 0 Å². The van der Waals surface area contributed by atoms with E-state index < -0.39 is 17.2 Å². The number of pyridine rings is 1. The average molecular weight is 347 g/mol. The first kappa shape index (κ1) is 18.1. The molecule has 0 saturated heterocycles. The van der Waals surface area contributed by atoms with Gasteiger partial charge in [-0.2, -0.15) is 0 Å². The third-order valence-electron chi connectivity index (χ3n) is 3.47. The van der Waals surface area contributed by atoms with Crippen molar-refractivity contribution in [1.29, 1.82) is 0 Å². The number of carbonyl (C=O) groups is 1. The van der Waals surface area contributed by atoms with Crippen molar-refractivity contribution < 1.29 is 15.0 Å². The largest absolute Gasteiger partial charge is 0.478 e. The Hall–Kier alpha value is -3.27. The lowest BCUT2D eigenvalue weighted by molar-refractivity contribution is 0.0696. The summed E-state index contributed by atoms with van der Waals surface area (Å²) in [5.74, 6) is -0.942. The fraction of sp³-hybridized carbons (Fsp3) is 0.267. The van der Waals surface area contributed by atoms with E-state index in [4.69, 9.17) is 10.2 Å². The van der Waals surface area contributed by atoms with Crippen LogP contribution in [0.15, 0.2) is 40.4 Å². The van der Waals surface area contributed by atoms with E-state index in [1.807, 2.05) is 0 Å². The van der Waals surface area contributed by atoms with Crippen LogP contribution < -0.4 is 11.2 Å². The molecule has 25 heavy (non-hydrogen) atoms. The van der Waals surface area contributed by atoms with Crippen molar-refractivity contribution in [3.05, 3.63) is 57.3 Å². The van der Waals surface area contributed by atoms with Crippen LogP contribution in [0.1, 0.15) is 10.4 Å². The van der Waals surface area contributed by atoms with Gasteiger partial charge >= 0.3 is 11.7 Å². The number of hydrogen-bond acceptors (Lipinski definition) is 6. The fourth-order valence-corrected chi connectivity index (χ4v) is 2.16. The van der Waals surface area contributed by atoms with Gasteiger partial charge in [-0.25, -0.2) is 14.6 Å². The van der Waals surface area contributed by atoms with Crippen LogP contribution in [0.4, 0.5) is 0 Å². The third-order valence-corrected chi connectivity index (χ3v) is 3.47. The maximum atomic E-state index is 11.9. The minimum absolute atomic E-state index is 0.0859. The first-order valence-corrected chi connectivity index (χ1v) is 7.23. The standard InChI is InChI=1S/C9H12N4O3.C6H5NO2/c1-11-7-6(8(15)12(2)9(11)16)13(3-4-14)5-10-7;8-6(9)5-2-1-3-7-4-5/h5,14H,3-4H2,1-2H3;1-4H,(H,8,9). The number of carboxylic acid groups (broad SMARTS) is 1. The summed E-state index contributed by atoms with van der Waals surface area (Å²) in [6.45, 7) is 0.196. The van der Waals surface area contributed by atoms with Crippen LogP contribution in [0, 0.1) is 0 Å². The maximum Gasteiger partial charge on any atom is 0.337 e. The summed E-state index contributed by atoms with van der Waals surface area (Å²) in [6.07, 6.45) is 4.29. The van der Waals surface area contributed by atoms with Gasteiger partial charge in [-0.1, -0.05) is 0 Å². The number of fused-ring (bicyclic) bond motifs is 1. The van der Waals surface area contributed by atoms with Gasteiger partial charge in [0.1, 0.15) is 0 Å². The Morgan fingerprint density at radius 2 is 1.96 bits per heavy atom. The van der Waals surface area contributed by atoms with Crippen molar-refractivity contribution in [3.63, 3.8) is 0 Å². The van der Waals surface area contributed by atoms with Gasteiger partial charge < -0.3 is 14.8 Å². The van der Waals surface area contributed by atoms with E-state index in [2.05, 4.69) is 9.97 Å². The quantitative estimate of drug-likeness (QED) is 0.634. The molecule has 0 bridgehead atoms. The lowest BCUT2D eigenvalue weighted by atomic mass is 10.3. The number of nitrogens with zero attached hydrogens (tertiary/aromatic N) is 5. The molecule has 2 N–H and O–H groups in total. The highest BCUT2D eigenvalue weighted by molar-refractivity contribution is 5.86. The maximum absolute atomic E-state index is 11.9. The summed E-state index contributed by atoms with van der Waals surface area (Å²) in [5, 5.41) is 17.2. The smallest absolute Gasteiger partial charge is 0.337 e. The highest BCUT2D eigenvalue weighted by Gasteiger charge is 2.13. The molecule has 0 atom stereocenters. The summed E-state index contributed by atoms with van der Waals surface area (Å²) in [5.41, 5.74) is 0.0773. The Kier molecular flexibility index (Phi) is 5.45. The number of aromatic nitrogens is 5. The van der Waals surface area contributed by atoms with Gasteiger partial charge in [0.2, 0.25) is 0 Å². The molecule has 0 saturated carbocycles. The minimum Gasteiger partial charge on any atom is -0.478 e. The van der Waals surface area contributed by atoms with Gasteiger partial charge in [-0.3, -0.25) is 18.9 Å². The molecule has 0 spiro atoms. The van der Waals surface area contributed by atoms with Gasteiger partial charge in [0.25, 0.3) is 5.56 Å². The number of aliphatic hydroxyl groups is 1. The monoisotopic (exact) mass is 347 g/mol. The highest BCUT2D eigenvalue weighted by Crippen LogP contribution is 2.04. The molecule has 0 fully saturated rings. The van der Waals surface area contributed by atoms with Crippen LogP contribution in [0.2, 0.25) is 0 Å². The fourth-order valence-electron chi connectivity index (χ4n) is 2.16. The number of imidazole rings is 1. The van der Waals surface area contributed by atoms with Crippen LogP contribution >= 0.6 is 0 Å². The lowest BCUT2D eigenvalue weighted by Crippen LogP contribution is -2.37. The molecule has 0 unspecified atom stereocenters. The predicted octanol–water partition coefficient (Wildman–Crippen LogP) is -0.794. The van der Waals surface area contributed by atoms with E-state index in [9.17, 15) is 14.4 Å². The van der Waals surface area contributed by atoms with Crippen LogP contribution in [-0.4, -0.2) is 46.5 Å². The zero-order valence-corrected chi connectivity index (χ0v) is 13.7. The SMILES string of the molecule is Cn1c(=O)c2c(ncn2CCO)n(C)c1=O.O=C(O)c1cccnc1. The first-order chi connectivity index (χ1) is 11.9. The van der Waals surface area contributed by atoms with Crippen LogP contribution in [0.25, 0.3) is 11.2 Å². The van der Waals surface area contributed by atoms with Crippen molar-refractivity contribution in [2.75, 3.05) is 6.61 Å². The van der Waals surface area contributed by atoms with Crippen LogP contribution in [-0.2, 0) is 20.6 Å². The summed E-state index contributed by atoms with van der Waals surface area (Å²) in [7, 11) is 2.97. The highest BCUT2D eigenvalue weighted by atomic mass is 16.4. The number of rotatable bonds is 3. The molecule has 0 aromatic carbocycles. The molecule has 0 amide bonds. The van der Waals surface area contributed by atoms with Gasteiger partial charge in [0, 0.05) is 33.0 Å². The zero-order valence-electron chi connectivity index (χ0n) is 13.7. The molecule has 3 heterocycles. The van der Waals surface area contributed by atoms with E-state index in [0.717, 1.165) is 4.57 Å². The molecule has 0 radical (unpaired) electrons. The van der Waals surface area contributed by atoms with Crippen molar-refractivity contribution in [3.8, 4) is 0 Å². The second-order valence-corrected chi connectivity index (χ2v) is 5.09. The molecule has 132 valence electrons. The lowest BCUT2D eigenvalue weighted by Gasteiger charge is -2.04. The molecule has 3 aromatic rings. The van der Waals surface area contributed by atoms with Crippen molar-refractivity contribution in [1.82, 2.24) is 23.7 Å². The molecule has 0 aliphatic rings. The molecule has 10 nitrogen and oxygen atoms in total. The summed E-state index contributed by atoms with van der Waals surface area (Å²) >= 11 is 0. The molecule has 0 aliphatic carbocycles. The van der Waals surface area contributed by atoms with E-state index in [1.165, 1.54) is 41.0 Å². The molecular weight excluding hydrogens is 330 g/mol. The molecule has 3 aromatic heterocycles. The van der Waals surface area contributed by atoms with Crippen LogP contribution in [0.5, 0.6) is 0 Å². The van der Waals surface area contributed by atoms with Gasteiger partial charge in [0.05, 0.1) is 18.5 Å². The molecular formula is C15H17N5O5. The normalized spacial score (nSPS) is 10.4. The summed E-state index contributed by atoms with van der Waals surface area (Å²) < 4.78 is 3.87. The average Bonchev–Trinajstić information content (AvgIpc) is 3.03. The van der Waals surface area contributed by atoms with Crippen LogP contribution in [0.3, 0.4) is 0 Å². The van der Waals surface area contributed by atoms with Crippen molar-refractivity contribution in [2.45, 2.75) is 6.54 Å². The Balaban J connectivity index is 0.000000212. The number of aromatic carboxylic acids is 1. The summed E-state index contributed by atoms with van der Waals surface area (Å²) in [4.78, 5) is 41.3. The predicted molar refractivity (Wildman–Crippen MR) is 88.5 cm³/mol. The van der Waals surface area contributed by atoms with E-state index in [-0.39, 0.29) is 18.7 Å². The number of aryl methyl sites for hydroxylation is 1. The second kappa shape index (κ2) is 7.53. The topological polar surface area (TPSA) is 132 Å². The van der Waals surface area contributed by atoms with Crippen molar-refractivity contribution >= 4 is 17.1 Å². The van der Waals surface area contributed by atoms with Gasteiger partial charge in [0.15, 0.2) is 11.2 Å². The second-order valence-electron chi connectivity index (χ2n) is 5.09. The first-order valence-electron chi connectivity index (χ1n) is 7.23. The Labute approximate surface area is 141 Å². The molecule has 0 aliphatic heterocycles. The molecule has 10 heteroatoms. The van der Waals surface area contributed by atoms with Crippen molar-refractivity contribution in [2.24, 2.45) is 14.1 Å².